The summed E-state index contributed by atoms with van der Waals surface area (Å²) < 4.78 is 27.0. The molecule has 88 valence electrons. The molecule has 0 aromatic carbocycles. The number of esters is 1. The van der Waals surface area contributed by atoms with Gasteiger partial charge in [-0.3, -0.25) is 4.79 Å². The quantitative estimate of drug-likeness (QED) is 0.682. The predicted octanol–water partition coefficient (Wildman–Crippen LogP) is -0.265. The Morgan fingerprint density at radius 2 is 2.20 bits per heavy atom. The van der Waals surface area contributed by atoms with Crippen molar-refractivity contribution in [2.75, 3.05) is 18.6 Å². The topological polar surface area (TPSA) is 80.7 Å². The highest BCUT2D eigenvalue weighted by molar-refractivity contribution is 7.91. The molecule has 1 saturated heterocycles. The molecule has 1 fully saturated rings. The van der Waals surface area contributed by atoms with Crippen molar-refractivity contribution in [1.82, 2.24) is 0 Å². The van der Waals surface area contributed by atoms with Gasteiger partial charge in [-0.15, -0.1) is 0 Å². The molecule has 0 bridgehead atoms. The molecule has 1 aliphatic rings. The first-order valence-corrected chi connectivity index (χ1v) is 6.72. The Hall–Kier alpha value is -0.620. The molecule has 2 atom stereocenters. The van der Waals surface area contributed by atoms with Crippen molar-refractivity contribution in [3.8, 4) is 0 Å². The second-order valence-electron chi connectivity index (χ2n) is 3.85. The molecule has 1 heterocycles. The molecule has 1 N–H and O–H groups in total. The molecule has 5 nitrogen and oxygen atoms in total. The lowest BCUT2D eigenvalue weighted by molar-refractivity contribution is -0.141. The summed E-state index contributed by atoms with van der Waals surface area (Å²) in [5.74, 6) is -0.679. The standard InChI is InChI=1S/C9H16O5S/c1-14-9(11)3-2-7-6-15(12,13)5-4-8(7)10/h7-8,10H,2-6H2,1H3/t7-,8-/m0/s1. The lowest BCUT2D eigenvalue weighted by atomic mass is 9.96. The van der Waals surface area contributed by atoms with E-state index in [2.05, 4.69) is 4.74 Å². The molecule has 15 heavy (non-hydrogen) atoms. The average molecular weight is 236 g/mol. The summed E-state index contributed by atoms with van der Waals surface area (Å²) in [7, 11) is -1.74. The Bertz CT molecular complexity index is 321. The van der Waals surface area contributed by atoms with Gasteiger partial charge in [0.25, 0.3) is 0 Å². The van der Waals surface area contributed by atoms with Gasteiger partial charge in [0.15, 0.2) is 9.84 Å². The molecule has 0 unspecified atom stereocenters. The number of hydrogen-bond acceptors (Lipinski definition) is 5. The van der Waals surface area contributed by atoms with Crippen LogP contribution in [0.3, 0.4) is 0 Å². The normalized spacial score (nSPS) is 29.7. The first-order chi connectivity index (χ1) is 6.94. The van der Waals surface area contributed by atoms with Gasteiger partial charge < -0.3 is 9.84 Å². The Labute approximate surface area is 89.3 Å². The Balaban J connectivity index is 2.49. The Kier molecular flexibility index (Phi) is 4.10. The Morgan fingerprint density at radius 1 is 1.53 bits per heavy atom. The van der Waals surface area contributed by atoms with E-state index in [0.29, 0.717) is 6.42 Å². The van der Waals surface area contributed by atoms with Crippen molar-refractivity contribution in [3.05, 3.63) is 0 Å². The third-order valence-electron chi connectivity index (χ3n) is 2.68. The van der Waals surface area contributed by atoms with E-state index in [9.17, 15) is 18.3 Å². The summed E-state index contributed by atoms with van der Waals surface area (Å²) in [6.45, 7) is 0. The van der Waals surface area contributed by atoms with Crippen molar-refractivity contribution >= 4 is 15.8 Å². The number of aliphatic hydroxyl groups excluding tert-OH is 1. The second-order valence-corrected chi connectivity index (χ2v) is 6.07. The summed E-state index contributed by atoms with van der Waals surface area (Å²) in [5, 5.41) is 9.57. The van der Waals surface area contributed by atoms with Crippen molar-refractivity contribution in [2.45, 2.75) is 25.4 Å². The van der Waals surface area contributed by atoms with Gasteiger partial charge in [0.05, 0.1) is 24.7 Å². The largest absolute Gasteiger partial charge is 0.469 e. The third-order valence-corrected chi connectivity index (χ3v) is 4.48. The summed E-state index contributed by atoms with van der Waals surface area (Å²) in [6.07, 6.45) is 0.188. The lowest BCUT2D eigenvalue weighted by Gasteiger charge is -2.27. The zero-order chi connectivity index (χ0) is 11.5. The minimum absolute atomic E-state index is 0.0227. The maximum absolute atomic E-state index is 11.3. The van der Waals surface area contributed by atoms with Crippen LogP contribution in [0.1, 0.15) is 19.3 Å². The highest BCUT2D eigenvalue weighted by Crippen LogP contribution is 2.23. The molecule has 6 heteroatoms. The van der Waals surface area contributed by atoms with Crippen LogP contribution in [-0.4, -0.2) is 44.2 Å². The van der Waals surface area contributed by atoms with E-state index in [1.54, 1.807) is 0 Å². The molecule has 0 aliphatic carbocycles. The van der Waals surface area contributed by atoms with Crippen LogP contribution in [0.4, 0.5) is 0 Å². The zero-order valence-electron chi connectivity index (χ0n) is 8.68. The van der Waals surface area contributed by atoms with Crippen molar-refractivity contribution < 1.29 is 23.1 Å². The van der Waals surface area contributed by atoms with Crippen LogP contribution in [0.2, 0.25) is 0 Å². The van der Waals surface area contributed by atoms with Crippen molar-refractivity contribution in [1.29, 1.82) is 0 Å². The molecule has 0 amide bonds. The van der Waals surface area contributed by atoms with Gasteiger partial charge >= 0.3 is 5.97 Å². The maximum Gasteiger partial charge on any atom is 0.305 e. The van der Waals surface area contributed by atoms with Crippen LogP contribution in [0, 0.1) is 5.92 Å². The van der Waals surface area contributed by atoms with E-state index in [4.69, 9.17) is 0 Å². The highest BCUT2D eigenvalue weighted by Gasteiger charge is 2.31. The minimum atomic E-state index is -3.03. The number of carbonyl (C=O) groups excluding carboxylic acids is 1. The fraction of sp³-hybridized carbons (Fsp3) is 0.889. The number of carbonyl (C=O) groups is 1. The van der Waals surface area contributed by atoms with Crippen LogP contribution < -0.4 is 0 Å². The first kappa shape index (κ1) is 12.4. The number of sulfone groups is 1. The smallest absolute Gasteiger partial charge is 0.305 e. The van der Waals surface area contributed by atoms with E-state index < -0.39 is 15.9 Å². The molecular formula is C9H16O5S. The van der Waals surface area contributed by atoms with E-state index in [1.165, 1.54) is 7.11 Å². The van der Waals surface area contributed by atoms with Gasteiger partial charge in [-0.25, -0.2) is 8.42 Å². The lowest BCUT2D eigenvalue weighted by Crippen LogP contribution is -2.36. The van der Waals surface area contributed by atoms with Crippen LogP contribution in [-0.2, 0) is 19.4 Å². The van der Waals surface area contributed by atoms with Crippen molar-refractivity contribution in [3.63, 3.8) is 0 Å². The molecule has 1 aliphatic heterocycles. The van der Waals surface area contributed by atoms with E-state index in [1.807, 2.05) is 0 Å². The number of hydrogen-bond donors (Lipinski definition) is 1. The molecule has 0 spiro atoms. The van der Waals surface area contributed by atoms with Gasteiger partial charge in [0.1, 0.15) is 0 Å². The minimum Gasteiger partial charge on any atom is -0.469 e. The highest BCUT2D eigenvalue weighted by atomic mass is 32.2. The number of rotatable bonds is 3. The maximum atomic E-state index is 11.3. The summed E-state index contributed by atoms with van der Waals surface area (Å²) in [4.78, 5) is 10.9. The molecule has 1 rings (SSSR count). The molecule has 0 aromatic heterocycles. The van der Waals surface area contributed by atoms with E-state index in [-0.39, 0.29) is 36.2 Å². The van der Waals surface area contributed by atoms with Gasteiger partial charge in [-0.2, -0.15) is 0 Å². The number of aliphatic hydroxyl groups is 1. The Morgan fingerprint density at radius 3 is 2.80 bits per heavy atom. The predicted molar refractivity (Wildman–Crippen MR) is 54.0 cm³/mol. The SMILES string of the molecule is COC(=O)CC[C@H]1CS(=O)(=O)CC[C@@H]1O. The molecule has 0 aromatic rings. The van der Waals surface area contributed by atoms with Crippen LogP contribution >= 0.6 is 0 Å². The number of methoxy groups -OCH3 is 1. The first-order valence-electron chi connectivity index (χ1n) is 4.90. The molecule has 0 radical (unpaired) electrons. The summed E-state index contributed by atoms with van der Waals surface area (Å²) in [5.41, 5.74) is 0. The van der Waals surface area contributed by atoms with Crippen LogP contribution in [0.25, 0.3) is 0 Å². The summed E-state index contributed by atoms with van der Waals surface area (Å²) >= 11 is 0. The third kappa shape index (κ3) is 3.79. The monoisotopic (exact) mass is 236 g/mol. The van der Waals surface area contributed by atoms with Gasteiger partial charge in [-0.05, 0) is 18.8 Å². The van der Waals surface area contributed by atoms with E-state index in [0.717, 1.165) is 0 Å². The fourth-order valence-electron chi connectivity index (χ4n) is 1.74. The summed E-state index contributed by atoms with van der Waals surface area (Å²) in [6, 6.07) is 0. The van der Waals surface area contributed by atoms with E-state index >= 15 is 0 Å². The van der Waals surface area contributed by atoms with Gasteiger partial charge in [-0.1, -0.05) is 0 Å². The van der Waals surface area contributed by atoms with Gasteiger partial charge in [0.2, 0.25) is 0 Å². The molecular weight excluding hydrogens is 220 g/mol. The van der Waals surface area contributed by atoms with Crippen LogP contribution in [0.5, 0.6) is 0 Å². The number of ether oxygens (including phenoxy) is 1. The van der Waals surface area contributed by atoms with Crippen LogP contribution in [0.15, 0.2) is 0 Å². The fourth-order valence-corrected chi connectivity index (χ4v) is 3.55. The average Bonchev–Trinajstić information content (AvgIpc) is 2.19. The molecule has 0 saturated carbocycles. The zero-order valence-corrected chi connectivity index (χ0v) is 9.50. The second kappa shape index (κ2) is 4.94. The van der Waals surface area contributed by atoms with Gasteiger partial charge in [0, 0.05) is 6.42 Å². The van der Waals surface area contributed by atoms with Crippen molar-refractivity contribution in [2.24, 2.45) is 5.92 Å².